The van der Waals surface area contributed by atoms with E-state index < -0.39 is 16.0 Å². The maximum atomic E-state index is 12.6. The number of carbonyl (C=O) groups is 1. The molecule has 4 rings (SSSR count). The van der Waals surface area contributed by atoms with Gasteiger partial charge in [-0.15, -0.1) is 4.40 Å². The third-order valence-corrected chi connectivity index (χ3v) is 6.62. The number of nitrogens with zero attached hydrogens (tertiary/aromatic N) is 2. The number of aryl methyl sites for hydroxylation is 2. The Labute approximate surface area is 155 Å². The molecule has 0 atom stereocenters. The molecule has 2 aromatic rings. The zero-order valence-electron chi connectivity index (χ0n) is 14.2. The number of benzene rings is 2. The molecule has 26 heavy (non-hydrogen) atoms. The van der Waals surface area contributed by atoms with Crippen molar-refractivity contribution in [1.82, 2.24) is 0 Å². The SMILES string of the molecule is Cc1cccc(C)c1OC(=O)c1ccc2c(c1)SC1=NS(=O)(=O)CCN12. The molecule has 8 heteroatoms. The van der Waals surface area contributed by atoms with Crippen molar-refractivity contribution in [2.45, 2.75) is 18.7 Å². The van der Waals surface area contributed by atoms with E-state index in [0.717, 1.165) is 21.7 Å². The van der Waals surface area contributed by atoms with E-state index in [-0.39, 0.29) is 5.75 Å². The highest BCUT2D eigenvalue weighted by molar-refractivity contribution is 8.15. The zero-order valence-corrected chi connectivity index (χ0v) is 15.9. The smallest absolute Gasteiger partial charge is 0.343 e. The van der Waals surface area contributed by atoms with Gasteiger partial charge in [0.05, 0.1) is 17.0 Å². The fraction of sp³-hybridized carbons (Fsp3) is 0.222. The highest BCUT2D eigenvalue weighted by atomic mass is 32.2. The molecule has 2 aromatic carbocycles. The first-order valence-corrected chi connectivity index (χ1v) is 10.5. The van der Waals surface area contributed by atoms with E-state index in [9.17, 15) is 13.2 Å². The number of hydrogen-bond donors (Lipinski definition) is 0. The van der Waals surface area contributed by atoms with Crippen LogP contribution in [0.2, 0.25) is 0 Å². The number of thioether (sulfide) groups is 1. The van der Waals surface area contributed by atoms with Crippen molar-refractivity contribution in [3.05, 3.63) is 53.1 Å². The summed E-state index contributed by atoms with van der Waals surface area (Å²) in [6.07, 6.45) is 0. The fourth-order valence-electron chi connectivity index (χ4n) is 2.97. The van der Waals surface area contributed by atoms with Crippen LogP contribution in [0.1, 0.15) is 21.5 Å². The Morgan fingerprint density at radius 1 is 1.19 bits per heavy atom. The molecular formula is C18H16N2O4S2. The van der Waals surface area contributed by atoms with Gasteiger partial charge in [-0.25, -0.2) is 13.2 Å². The molecule has 0 saturated heterocycles. The van der Waals surface area contributed by atoms with Crippen LogP contribution in [0.15, 0.2) is 45.7 Å². The topological polar surface area (TPSA) is 76.0 Å². The Kier molecular flexibility index (Phi) is 4.04. The van der Waals surface area contributed by atoms with Crippen LogP contribution >= 0.6 is 11.8 Å². The number of hydrogen-bond acceptors (Lipinski definition) is 6. The van der Waals surface area contributed by atoms with Gasteiger partial charge < -0.3 is 9.64 Å². The molecule has 0 aliphatic carbocycles. The lowest BCUT2D eigenvalue weighted by molar-refractivity contribution is 0.0732. The van der Waals surface area contributed by atoms with Gasteiger partial charge in [0.25, 0.3) is 10.0 Å². The second-order valence-corrected chi connectivity index (χ2v) is 8.97. The minimum absolute atomic E-state index is 0.00709. The Morgan fingerprint density at radius 2 is 1.92 bits per heavy atom. The van der Waals surface area contributed by atoms with Crippen LogP contribution in [-0.2, 0) is 10.0 Å². The highest BCUT2D eigenvalue weighted by Gasteiger charge is 2.33. The number of fused-ring (bicyclic) bond motifs is 3. The number of ether oxygens (including phenoxy) is 1. The zero-order chi connectivity index (χ0) is 18.5. The highest BCUT2D eigenvalue weighted by Crippen LogP contribution is 2.42. The summed E-state index contributed by atoms with van der Waals surface area (Å²) in [6, 6.07) is 10.9. The number of carbonyl (C=O) groups excluding carboxylic acids is 1. The van der Waals surface area contributed by atoms with Crippen LogP contribution < -0.4 is 9.64 Å². The van der Waals surface area contributed by atoms with Gasteiger partial charge in [0.1, 0.15) is 5.75 Å². The number of anilines is 1. The lowest BCUT2D eigenvalue weighted by Gasteiger charge is -2.22. The molecule has 0 aromatic heterocycles. The Hall–Kier alpha value is -2.32. The van der Waals surface area contributed by atoms with E-state index in [4.69, 9.17) is 4.74 Å². The van der Waals surface area contributed by atoms with E-state index >= 15 is 0 Å². The number of esters is 1. The number of para-hydroxylation sites is 1. The molecule has 0 saturated carbocycles. The summed E-state index contributed by atoms with van der Waals surface area (Å²) in [5, 5.41) is 0.437. The second-order valence-electron chi connectivity index (χ2n) is 6.21. The molecule has 6 nitrogen and oxygen atoms in total. The van der Waals surface area contributed by atoms with Crippen LogP contribution in [0.25, 0.3) is 0 Å². The number of sulfonamides is 1. The summed E-state index contributed by atoms with van der Waals surface area (Å²) < 4.78 is 32.8. The molecule has 0 unspecified atom stereocenters. The van der Waals surface area contributed by atoms with Crippen molar-refractivity contribution in [2.24, 2.45) is 4.40 Å². The molecule has 0 fully saturated rings. The van der Waals surface area contributed by atoms with Crippen molar-refractivity contribution in [1.29, 1.82) is 0 Å². The van der Waals surface area contributed by atoms with Gasteiger partial charge in [-0.2, -0.15) is 0 Å². The number of amidine groups is 1. The van der Waals surface area contributed by atoms with E-state index in [1.165, 1.54) is 11.8 Å². The third-order valence-electron chi connectivity index (χ3n) is 4.31. The first-order valence-electron chi connectivity index (χ1n) is 8.04. The molecule has 0 spiro atoms. The minimum atomic E-state index is -3.40. The first kappa shape index (κ1) is 17.1. The summed E-state index contributed by atoms with van der Waals surface area (Å²) >= 11 is 1.26. The predicted molar refractivity (Wildman–Crippen MR) is 102 cm³/mol. The quantitative estimate of drug-likeness (QED) is 0.581. The van der Waals surface area contributed by atoms with Gasteiger partial charge in [-0.05, 0) is 54.9 Å². The van der Waals surface area contributed by atoms with E-state index in [1.54, 1.807) is 12.1 Å². The van der Waals surface area contributed by atoms with Crippen molar-refractivity contribution in [3.8, 4) is 5.75 Å². The standard InChI is InChI=1S/C18H16N2O4S2/c1-11-4-3-5-12(2)16(11)24-17(21)13-6-7-14-15(10-13)25-18-19-26(22,23)9-8-20(14)18/h3-7,10H,8-9H2,1-2H3. The van der Waals surface area contributed by atoms with Gasteiger partial charge in [0.2, 0.25) is 0 Å². The molecule has 134 valence electrons. The second kappa shape index (κ2) is 6.14. The molecular weight excluding hydrogens is 372 g/mol. The van der Waals surface area contributed by atoms with Crippen molar-refractivity contribution < 1.29 is 17.9 Å². The van der Waals surface area contributed by atoms with Crippen molar-refractivity contribution >= 4 is 38.6 Å². The lowest BCUT2D eigenvalue weighted by Crippen LogP contribution is -2.35. The summed E-state index contributed by atoms with van der Waals surface area (Å²) in [6.45, 7) is 4.16. The Morgan fingerprint density at radius 3 is 2.65 bits per heavy atom. The van der Waals surface area contributed by atoms with Crippen LogP contribution in [-0.4, -0.2) is 31.9 Å². The predicted octanol–water partition coefficient (Wildman–Crippen LogP) is 3.13. The fourth-order valence-corrected chi connectivity index (χ4v) is 5.27. The van der Waals surface area contributed by atoms with Crippen molar-refractivity contribution in [3.63, 3.8) is 0 Å². The van der Waals surface area contributed by atoms with Gasteiger partial charge in [-0.1, -0.05) is 18.2 Å². The molecule has 0 radical (unpaired) electrons. The molecule has 0 bridgehead atoms. The van der Waals surface area contributed by atoms with E-state index in [2.05, 4.69) is 4.40 Å². The van der Waals surface area contributed by atoms with Gasteiger partial charge in [-0.3, -0.25) is 0 Å². The summed E-state index contributed by atoms with van der Waals surface area (Å²) in [5.74, 6) is 0.121. The van der Waals surface area contributed by atoms with Crippen LogP contribution in [0, 0.1) is 13.8 Å². The van der Waals surface area contributed by atoms with E-state index in [0.29, 0.717) is 23.0 Å². The van der Waals surface area contributed by atoms with Crippen LogP contribution in [0.5, 0.6) is 5.75 Å². The van der Waals surface area contributed by atoms with Gasteiger partial charge >= 0.3 is 5.97 Å². The van der Waals surface area contributed by atoms with E-state index in [1.807, 2.05) is 43.0 Å². The lowest BCUT2D eigenvalue weighted by atomic mass is 10.1. The largest absolute Gasteiger partial charge is 0.422 e. The summed E-state index contributed by atoms with van der Waals surface area (Å²) in [4.78, 5) is 15.2. The first-order chi connectivity index (χ1) is 12.3. The molecule has 2 aliphatic heterocycles. The minimum Gasteiger partial charge on any atom is -0.422 e. The monoisotopic (exact) mass is 388 g/mol. The number of rotatable bonds is 2. The van der Waals surface area contributed by atoms with Crippen LogP contribution in [0.4, 0.5) is 5.69 Å². The third kappa shape index (κ3) is 2.99. The van der Waals surface area contributed by atoms with Crippen molar-refractivity contribution in [2.75, 3.05) is 17.2 Å². The Balaban J connectivity index is 1.63. The molecule has 2 aliphatic rings. The molecule has 0 N–H and O–H groups in total. The van der Waals surface area contributed by atoms with Gasteiger partial charge in [0, 0.05) is 11.4 Å². The molecule has 0 amide bonds. The van der Waals surface area contributed by atoms with Gasteiger partial charge in [0.15, 0.2) is 5.17 Å². The average Bonchev–Trinajstić information content (AvgIpc) is 2.93. The Bertz CT molecular complexity index is 1040. The summed E-state index contributed by atoms with van der Waals surface area (Å²) in [5.41, 5.74) is 3.07. The maximum Gasteiger partial charge on any atom is 0.343 e. The average molecular weight is 388 g/mol. The molecule has 2 heterocycles. The summed E-state index contributed by atoms with van der Waals surface area (Å²) in [7, 11) is -3.40. The maximum absolute atomic E-state index is 12.6. The normalized spacial score (nSPS) is 17.3. The van der Waals surface area contributed by atoms with Crippen LogP contribution in [0.3, 0.4) is 0 Å².